The van der Waals surface area contributed by atoms with Crippen LogP contribution < -0.4 is 0 Å². The van der Waals surface area contributed by atoms with Crippen LogP contribution in [0.2, 0.25) is 0 Å². The van der Waals surface area contributed by atoms with Gasteiger partial charge in [0.05, 0.1) is 13.2 Å². The van der Waals surface area contributed by atoms with Gasteiger partial charge in [-0.2, -0.15) is 0 Å². The zero-order valence-corrected chi connectivity index (χ0v) is 24.8. The molecular formula is C34H62O3. The average molecular weight is 519 g/mol. The number of hydrogen-bond acceptors (Lipinski definition) is 3. The van der Waals surface area contributed by atoms with Gasteiger partial charge in [-0.05, 0) is 25.7 Å². The van der Waals surface area contributed by atoms with Gasteiger partial charge in [0.25, 0.3) is 0 Å². The molecule has 3 nitrogen and oxygen atoms in total. The van der Waals surface area contributed by atoms with E-state index in [-0.39, 0.29) is 24.4 Å². The Kier molecular flexibility index (Phi) is 20.5. The summed E-state index contributed by atoms with van der Waals surface area (Å²) in [7, 11) is 0. The Labute approximate surface area is 231 Å². The maximum atomic E-state index is 6.47. The van der Waals surface area contributed by atoms with Gasteiger partial charge < -0.3 is 14.2 Å². The number of unbranched alkanes of at least 4 members (excludes halogenated alkanes) is 20. The highest BCUT2D eigenvalue weighted by Crippen LogP contribution is 2.26. The van der Waals surface area contributed by atoms with Crippen LogP contribution in [0.15, 0.2) is 24.3 Å². The Morgan fingerprint density at radius 1 is 0.514 bits per heavy atom. The van der Waals surface area contributed by atoms with E-state index >= 15 is 0 Å². The third kappa shape index (κ3) is 19.1. The fraction of sp³-hybridized carbons (Fsp3) is 0.882. The summed E-state index contributed by atoms with van der Waals surface area (Å²) in [6.45, 7) is 6.23. The second-order valence-corrected chi connectivity index (χ2v) is 11.6. The van der Waals surface area contributed by atoms with Crippen LogP contribution in [0.5, 0.6) is 0 Å². The minimum Gasteiger partial charge on any atom is -0.370 e. The van der Waals surface area contributed by atoms with E-state index in [1.807, 2.05) is 0 Å². The van der Waals surface area contributed by atoms with Crippen molar-refractivity contribution in [3.05, 3.63) is 24.3 Å². The van der Waals surface area contributed by atoms with E-state index in [2.05, 4.69) is 38.2 Å². The van der Waals surface area contributed by atoms with Crippen molar-refractivity contribution < 1.29 is 14.2 Å². The molecule has 0 aliphatic carbocycles. The van der Waals surface area contributed by atoms with E-state index in [1.165, 1.54) is 128 Å². The van der Waals surface area contributed by atoms with Crippen LogP contribution in [0.25, 0.3) is 0 Å². The van der Waals surface area contributed by atoms with Crippen molar-refractivity contribution in [2.24, 2.45) is 0 Å². The summed E-state index contributed by atoms with van der Waals surface area (Å²) in [6, 6.07) is 0. The molecule has 2 heterocycles. The molecule has 0 aromatic carbocycles. The minimum atomic E-state index is 0.0688. The molecule has 3 heteroatoms. The van der Waals surface area contributed by atoms with Crippen molar-refractivity contribution in [1.82, 2.24) is 0 Å². The number of hydrogen-bond donors (Lipinski definition) is 0. The van der Waals surface area contributed by atoms with E-state index in [9.17, 15) is 0 Å². The molecule has 0 aromatic rings. The molecular weight excluding hydrogens is 456 g/mol. The SMILES string of the molecule is CCCCCCCCCCCC/C=C/C(OC(/C=C/CCCCCCCCCCCC)C1CO1)C1CO1. The summed E-state index contributed by atoms with van der Waals surface area (Å²) in [5.41, 5.74) is 0. The Hall–Kier alpha value is -0.640. The van der Waals surface area contributed by atoms with Crippen molar-refractivity contribution >= 4 is 0 Å². The number of epoxide rings is 2. The second-order valence-electron chi connectivity index (χ2n) is 11.6. The molecule has 0 radical (unpaired) electrons. The Morgan fingerprint density at radius 2 is 0.811 bits per heavy atom. The lowest BCUT2D eigenvalue weighted by Gasteiger charge is -2.18. The van der Waals surface area contributed by atoms with Gasteiger partial charge >= 0.3 is 0 Å². The first kappa shape index (κ1) is 32.6. The number of allylic oxidation sites excluding steroid dienone is 2. The molecule has 0 saturated carbocycles. The number of rotatable bonds is 28. The molecule has 2 rings (SSSR count). The van der Waals surface area contributed by atoms with Gasteiger partial charge in [-0.1, -0.05) is 154 Å². The summed E-state index contributed by atoms with van der Waals surface area (Å²) in [6.07, 6.45) is 39.9. The molecule has 2 saturated heterocycles. The molecule has 216 valence electrons. The lowest BCUT2D eigenvalue weighted by atomic mass is 10.1. The number of ether oxygens (including phenoxy) is 3. The van der Waals surface area contributed by atoms with Crippen molar-refractivity contribution in [2.45, 2.75) is 180 Å². The molecule has 0 amide bonds. The topological polar surface area (TPSA) is 34.3 Å². The van der Waals surface area contributed by atoms with Crippen molar-refractivity contribution in [1.29, 1.82) is 0 Å². The molecule has 0 spiro atoms. The van der Waals surface area contributed by atoms with Gasteiger partial charge in [-0.3, -0.25) is 0 Å². The lowest BCUT2D eigenvalue weighted by Crippen LogP contribution is -2.27. The summed E-state index contributed by atoms with van der Waals surface area (Å²) in [4.78, 5) is 0. The Balaban J connectivity index is 1.50. The standard InChI is InChI=1S/C34H62O3/c1-3-5-7-9-11-13-15-17-19-21-23-25-27-31(33-29-35-33)37-32(34-30-36-34)28-26-24-22-20-18-16-14-12-10-8-6-4-2/h25-28,31-34H,3-24,29-30H2,1-2H3/b27-25+,28-26+. The monoisotopic (exact) mass is 518 g/mol. The van der Waals surface area contributed by atoms with E-state index in [0.717, 1.165) is 26.1 Å². The van der Waals surface area contributed by atoms with E-state index in [1.54, 1.807) is 0 Å². The molecule has 0 bridgehead atoms. The largest absolute Gasteiger partial charge is 0.370 e. The van der Waals surface area contributed by atoms with Gasteiger partial charge in [0.15, 0.2) is 0 Å². The summed E-state index contributed by atoms with van der Waals surface area (Å²) < 4.78 is 17.7. The first-order valence-corrected chi connectivity index (χ1v) is 16.6. The van der Waals surface area contributed by atoms with Crippen LogP contribution in [0.4, 0.5) is 0 Å². The normalized spacial score (nSPS) is 20.7. The molecule has 4 unspecified atom stereocenters. The molecule has 4 atom stereocenters. The smallest absolute Gasteiger partial charge is 0.111 e. The molecule has 0 N–H and O–H groups in total. The quantitative estimate of drug-likeness (QED) is 0.0587. The summed E-state index contributed by atoms with van der Waals surface area (Å²) >= 11 is 0. The van der Waals surface area contributed by atoms with Gasteiger partial charge in [0, 0.05) is 0 Å². The Bertz CT molecular complexity index is 501. The van der Waals surface area contributed by atoms with E-state index in [0.29, 0.717) is 0 Å². The van der Waals surface area contributed by atoms with Gasteiger partial charge in [0.2, 0.25) is 0 Å². The van der Waals surface area contributed by atoms with Crippen LogP contribution in [0.1, 0.15) is 155 Å². The van der Waals surface area contributed by atoms with Gasteiger partial charge in [0.1, 0.15) is 24.4 Å². The van der Waals surface area contributed by atoms with Crippen LogP contribution in [0, 0.1) is 0 Å². The predicted octanol–water partition coefficient (Wildman–Crippen LogP) is 10.3. The Morgan fingerprint density at radius 3 is 1.11 bits per heavy atom. The maximum Gasteiger partial charge on any atom is 0.111 e. The van der Waals surface area contributed by atoms with Gasteiger partial charge in [-0.15, -0.1) is 0 Å². The molecule has 0 aromatic heterocycles. The first-order valence-electron chi connectivity index (χ1n) is 16.6. The van der Waals surface area contributed by atoms with Crippen molar-refractivity contribution in [2.75, 3.05) is 13.2 Å². The van der Waals surface area contributed by atoms with Gasteiger partial charge in [-0.25, -0.2) is 0 Å². The fourth-order valence-electron chi connectivity index (χ4n) is 5.15. The lowest BCUT2D eigenvalue weighted by molar-refractivity contribution is 0.0113. The highest BCUT2D eigenvalue weighted by atomic mass is 16.6. The van der Waals surface area contributed by atoms with E-state index in [4.69, 9.17) is 14.2 Å². The highest BCUT2D eigenvalue weighted by Gasteiger charge is 2.38. The van der Waals surface area contributed by atoms with Crippen molar-refractivity contribution in [3.8, 4) is 0 Å². The minimum absolute atomic E-state index is 0.0688. The van der Waals surface area contributed by atoms with Crippen LogP contribution in [0.3, 0.4) is 0 Å². The molecule has 2 aliphatic heterocycles. The third-order valence-electron chi connectivity index (χ3n) is 7.87. The molecule has 2 aliphatic rings. The summed E-state index contributed by atoms with van der Waals surface area (Å²) in [5, 5.41) is 0. The van der Waals surface area contributed by atoms with Crippen LogP contribution >= 0.6 is 0 Å². The zero-order valence-electron chi connectivity index (χ0n) is 24.8. The third-order valence-corrected chi connectivity index (χ3v) is 7.87. The first-order chi connectivity index (χ1) is 18.3. The average Bonchev–Trinajstić information content (AvgIpc) is 3.82. The second kappa shape index (κ2) is 23.3. The van der Waals surface area contributed by atoms with Crippen LogP contribution in [-0.2, 0) is 14.2 Å². The fourth-order valence-corrected chi connectivity index (χ4v) is 5.15. The molecule has 2 fully saturated rings. The highest BCUT2D eigenvalue weighted by molar-refractivity contribution is 5.03. The summed E-state index contributed by atoms with van der Waals surface area (Å²) in [5.74, 6) is 0. The molecule has 37 heavy (non-hydrogen) atoms. The zero-order chi connectivity index (χ0) is 26.2. The maximum absolute atomic E-state index is 6.47. The van der Waals surface area contributed by atoms with Crippen LogP contribution in [-0.4, -0.2) is 37.6 Å². The van der Waals surface area contributed by atoms with E-state index < -0.39 is 0 Å². The van der Waals surface area contributed by atoms with Crippen molar-refractivity contribution in [3.63, 3.8) is 0 Å². The predicted molar refractivity (Wildman–Crippen MR) is 159 cm³/mol.